The SMILES string of the molecule is CC(C)OCCN1CCCC[C@H]1[C@H](C)O. The van der Waals surface area contributed by atoms with Gasteiger partial charge in [-0.15, -0.1) is 0 Å². The fourth-order valence-electron chi connectivity index (χ4n) is 2.25. The molecule has 0 unspecified atom stereocenters. The van der Waals surface area contributed by atoms with Gasteiger partial charge >= 0.3 is 0 Å². The Hall–Kier alpha value is -0.120. The lowest BCUT2D eigenvalue weighted by molar-refractivity contribution is 0.00354. The average Bonchev–Trinajstić information content (AvgIpc) is 2.17. The van der Waals surface area contributed by atoms with Gasteiger partial charge in [-0.05, 0) is 40.2 Å². The molecule has 0 aromatic heterocycles. The van der Waals surface area contributed by atoms with Crippen LogP contribution in [0.4, 0.5) is 0 Å². The van der Waals surface area contributed by atoms with Gasteiger partial charge < -0.3 is 9.84 Å². The van der Waals surface area contributed by atoms with Gasteiger partial charge in [-0.3, -0.25) is 4.90 Å². The fraction of sp³-hybridized carbons (Fsp3) is 1.00. The summed E-state index contributed by atoms with van der Waals surface area (Å²) in [4.78, 5) is 2.37. The van der Waals surface area contributed by atoms with Crippen molar-refractivity contribution in [1.29, 1.82) is 0 Å². The molecule has 1 aliphatic rings. The second kappa shape index (κ2) is 6.46. The fourth-order valence-corrected chi connectivity index (χ4v) is 2.25. The molecule has 0 bridgehead atoms. The Morgan fingerprint density at radius 3 is 2.67 bits per heavy atom. The molecule has 15 heavy (non-hydrogen) atoms. The molecule has 3 nitrogen and oxygen atoms in total. The van der Waals surface area contributed by atoms with E-state index in [1.807, 2.05) is 6.92 Å². The second-order valence-corrected chi connectivity index (χ2v) is 4.76. The molecular weight excluding hydrogens is 190 g/mol. The zero-order chi connectivity index (χ0) is 11.3. The Morgan fingerprint density at radius 2 is 2.07 bits per heavy atom. The number of likely N-dealkylation sites (tertiary alicyclic amines) is 1. The maximum Gasteiger partial charge on any atom is 0.0667 e. The van der Waals surface area contributed by atoms with E-state index in [-0.39, 0.29) is 6.10 Å². The van der Waals surface area contributed by atoms with E-state index in [2.05, 4.69) is 18.7 Å². The van der Waals surface area contributed by atoms with Crippen molar-refractivity contribution in [3.05, 3.63) is 0 Å². The number of aliphatic hydroxyl groups is 1. The number of hydrogen-bond acceptors (Lipinski definition) is 3. The van der Waals surface area contributed by atoms with Crippen LogP contribution < -0.4 is 0 Å². The zero-order valence-electron chi connectivity index (χ0n) is 10.3. The molecule has 0 aromatic carbocycles. The summed E-state index contributed by atoms with van der Waals surface area (Å²) >= 11 is 0. The van der Waals surface area contributed by atoms with E-state index < -0.39 is 0 Å². The third kappa shape index (κ3) is 4.49. The van der Waals surface area contributed by atoms with Gasteiger partial charge in [-0.2, -0.15) is 0 Å². The van der Waals surface area contributed by atoms with E-state index in [1.54, 1.807) is 0 Å². The normalized spacial score (nSPS) is 25.8. The van der Waals surface area contributed by atoms with Crippen molar-refractivity contribution in [3.8, 4) is 0 Å². The molecule has 1 fully saturated rings. The van der Waals surface area contributed by atoms with Gasteiger partial charge in [0, 0.05) is 12.6 Å². The largest absolute Gasteiger partial charge is 0.392 e. The first kappa shape index (κ1) is 12.9. The molecule has 0 aromatic rings. The predicted molar refractivity (Wildman–Crippen MR) is 62.0 cm³/mol. The van der Waals surface area contributed by atoms with Gasteiger partial charge in [0.15, 0.2) is 0 Å². The minimum Gasteiger partial charge on any atom is -0.392 e. The molecule has 2 atom stereocenters. The summed E-state index contributed by atoms with van der Waals surface area (Å²) in [5.74, 6) is 0. The first-order valence-corrected chi connectivity index (χ1v) is 6.15. The monoisotopic (exact) mass is 215 g/mol. The smallest absolute Gasteiger partial charge is 0.0667 e. The van der Waals surface area contributed by atoms with Gasteiger partial charge in [-0.1, -0.05) is 6.42 Å². The number of aliphatic hydroxyl groups excluding tert-OH is 1. The van der Waals surface area contributed by atoms with Crippen LogP contribution in [0.2, 0.25) is 0 Å². The lowest BCUT2D eigenvalue weighted by atomic mass is 9.98. The van der Waals surface area contributed by atoms with Crippen LogP contribution in [-0.4, -0.2) is 48.0 Å². The highest BCUT2D eigenvalue weighted by atomic mass is 16.5. The Balaban J connectivity index is 2.29. The van der Waals surface area contributed by atoms with Crippen molar-refractivity contribution >= 4 is 0 Å². The van der Waals surface area contributed by atoms with E-state index >= 15 is 0 Å². The average molecular weight is 215 g/mol. The van der Waals surface area contributed by atoms with Gasteiger partial charge in [0.05, 0.1) is 18.8 Å². The van der Waals surface area contributed by atoms with Crippen molar-refractivity contribution < 1.29 is 9.84 Å². The highest BCUT2D eigenvalue weighted by Gasteiger charge is 2.25. The predicted octanol–water partition coefficient (Wildman–Crippen LogP) is 1.65. The van der Waals surface area contributed by atoms with Crippen LogP contribution >= 0.6 is 0 Å². The maximum atomic E-state index is 9.67. The second-order valence-electron chi connectivity index (χ2n) is 4.76. The summed E-state index contributed by atoms with van der Waals surface area (Å²) in [6.07, 6.45) is 3.71. The maximum absolute atomic E-state index is 9.67. The van der Waals surface area contributed by atoms with E-state index in [1.165, 1.54) is 12.8 Å². The standard InChI is InChI=1S/C12H25NO2/c1-10(2)15-9-8-13-7-5-4-6-12(13)11(3)14/h10-12,14H,4-9H2,1-3H3/t11-,12-/m0/s1. The molecule has 0 spiro atoms. The molecule has 1 aliphatic heterocycles. The molecule has 1 heterocycles. The van der Waals surface area contributed by atoms with Crippen molar-refractivity contribution in [2.45, 2.75) is 58.3 Å². The van der Waals surface area contributed by atoms with Crippen molar-refractivity contribution in [1.82, 2.24) is 4.90 Å². The Morgan fingerprint density at radius 1 is 1.33 bits per heavy atom. The molecule has 1 N–H and O–H groups in total. The molecule has 90 valence electrons. The van der Waals surface area contributed by atoms with E-state index in [9.17, 15) is 5.11 Å². The third-order valence-corrected chi connectivity index (χ3v) is 3.05. The summed E-state index contributed by atoms with van der Waals surface area (Å²) in [5, 5.41) is 9.67. The number of nitrogens with zero attached hydrogens (tertiary/aromatic N) is 1. The highest BCUT2D eigenvalue weighted by molar-refractivity contribution is 4.80. The molecule has 0 radical (unpaired) electrons. The Kier molecular flexibility index (Phi) is 5.58. The third-order valence-electron chi connectivity index (χ3n) is 3.05. The summed E-state index contributed by atoms with van der Waals surface area (Å²) < 4.78 is 5.55. The van der Waals surface area contributed by atoms with Crippen LogP contribution in [0, 0.1) is 0 Å². The van der Waals surface area contributed by atoms with Crippen LogP contribution in [0.5, 0.6) is 0 Å². The summed E-state index contributed by atoms with van der Waals surface area (Å²) in [6.45, 7) is 8.85. The molecule has 3 heteroatoms. The van der Waals surface area contributed by atoms with Crippen LogP contribution in [0.3, 0.4) is 0 Å². The summed E-state index contributed by atoms with van der Waals surface area (Å²) in [5.41, 5.74) is 0. The summed E-state index contributed by atoms with van der Waals surface area (Å²) in [7, 11) is 0. The van der Waals surface area contributed by atoms with Crippen molar-refractivity contribution in [3.63, 3.8) is 0 Å². The first-order chi connectivity index (χ1) is 7.11. The molecule has 0 aliphatic carbocycles. The molecule has 1 saturated heterocycles. The topological polar surface area (TPSA) is 32.7 Å². The van der Waals surface area contributed by atoms with Gasteiger partial charge in [0.25, 0.3) is 0 Å². The van der Waals surface area contributed by atoms with E-state index in [4.69, 9.17) is 4.74 Å². The number of piperidine rings is 1. The molecular formula is C12H25NO2. The van der Waals surface area contributed by atoms with Gasteiger partial charge in [-0.25, -0.2) is 0 Å². The lowest BCUT2D eigenvalue weighted by Gasteiger charge is -2.37. The molecule has 1 rings (SSSR count). The van der Waals surface area contributed by atoms with Crippen molar-refractivity contribution in [2.24, 2.45) is 0 Å². The number of hydrogen-bond donors (Lipinski definition) is 1. The minimum atomic E-state index is -0.218. The minimum absolute atomic E-state index is 0.218. The van der Waals surface area contributed by atoms with Gasteiger partial charge in [0.1, 0.15) is 0 Å². The van der Waals surface area contributed by atoms with Gasteiger partial charge in [0.2, 0.25) is 0 Å². The van der Waals surface area contributed by atoms with Crippen molar-refractivity contribution in [2.75, 3.05) is 19.7 Å². The molecule has 0 saturated carbocycles. The highest BCUT2D eigenvalue weighted by Crippen LogP contribution is 2.19. The number of rotatable bonds is 5. The summed E-state index contributed by atoms with van der Waals surface area (Å²) in [6, 6.07) is 0.342. The Labute approximate surface area is 93.4 Å². The van der Waals surface area contributed by atoms with E-state index in [0.717, 1.165) is 26.1 Å². The first-order valence-electron chi connectivity index (χ1n) is 6.15. The van der Waals surface area contributed by atoms with Crippen LogP contribution in [0.25, 0.3) is 0 Å². The van der Waals surface area contributed by atoms with Crippen LogP contribution in [-0.2, 0) is 4.74 Å². The Bertz CT molecular complexity index is 171. The van der Waals surface area contributed by atoms with Crippen LogP contribution in [0.15, 0.2) is 0 Å². The lowest BCUT2D eigenvalue weighted by Crippen LogP contribution is -2.47. The zero-order valence-corrected chi connectivity index (χ0v) is 10.3. The molecule has 0 amide bonds. The quantitative estimate of drug-likeness (QED) is 0.757. The number of ether oxygens (including phenoxy) is 1. The van der Waals surface area contributed by atoms with E-state index in [0.29, 0.717) is 12.1 Å². The van der Waals surface area contributed by atoms with Crippen LogP contribution in [0.1, 0.15) is 40.0 Å².